The maximum absolute atomic E-state index is 11.6. The second-order valence-corrected chi connectivity index (χ2v) is 7.27. The van der Waals surface area contributed by atoms with Crippen molar-refractivity contribution in [3.63, 3.8) is 0 Å². The largest absolute Gasteiger partial charge is 0.485 e. The molecule has 2 heterocycles. The molecular weight excluding hydrogens is 362 g/mol. The van der Waals surface area contributed by atoms with Gasteiger partial charge in [0, 0.05) is 38.5 Å². The number of fused-ring (bicyclic) bond motifs is 1. The van der Waals surface area contributed by atoms with E-state index in [0.717, 1.165) is 32.5 Å². The van der Waals surface area contributed by atoms with Crippen molar-refractivity contribution in [3.8, 4) is 11.5 Å². The van der Waals surface area contributed by atoms with Crippen LogP contribution in [0.2, 0.25) is 0 Å². The Bertz CT molecular complexity index is 908. The Morgan fingerprint density at radius 1 is 1.18 bits per heavy atom. The third-order valence-corrected chi connectivity index (χ3v) is 5.36. The van der Waals surface area contributed by atoms with E-state index in [1.165, 1.54) is 17.7 Å². The summed E-state index contributed by atoms with van der Waals surface area (Å²) in [4.78, 5) is 24.5. The molecule has 0 bridgehead atoms. The van der Waals surface area contributed by atoms with Crippen LogP contribution in [0.15, 0.2) is 42.5 Å². The van der Waals surface area contributed by atoms with Gasteiger partial charge in [0.05, 0.1) is 11.0 Å². The van der Waals surface area contributed by atoms with Crippen LogP contribution < -0.4 is 15.2 Å². The molecule has 2 aromatic carbocycles. The molecule has 2 N–H and O–H groups in total. The number of carbonyl (C=O) groups is 1. The van der Waals surface area contributed by atoms with E-state index in [0.29, 0.717) is 12.4 Å². The second-order valence-electron chi connectivity index (χ2n) is 7.27. The minimum atomic E-state index is -0.865. The van der Waals surface area contributed by atoms with Crippen LogP contribution in [0.25, 0.3) is 0 Å². The van der Waals surface area contributed by atoms with Gasteiger partial charge in [0.1, 0.15) is 17.8 Å². The number of carbonyl (C=O) groups excluding carboxylic acids is 1. The predicted octanol–water partition coefficient (Wildman–Crippen LogP) is 2.50. The Morgan fingerprint density at radius 3 is 2.54 bits per heavy atom. The van der Waals surface area contributed by atoms with Crippen molar-refractivity contribution >= 4 is 11.6 Å². The number of nitro groups is 1. The SMILES string of the molecule is NC(=O)c1cc2c(cc1[N+](=O)[O-])OCC1(CCN(Cc3ccccc3)CC1)O2. The average Bonchev–Trinajstić information content (AvgIpc) is 2.69. The first kappa shape index (κ1) is 18.2. The molecule has 8 heteroatoms. The Hall–Kier alpha value is -3.13. The highest BCUT2D eigenvalue weighted by molar-refractivity contribution is 5.97. The highest BCUT2D eigenvalue weighted by atomic mass is 16.6. The summed E-state index contributed by atoms with van der Waals surface area (Å²) in [5.41, 5.74) is 5.53. The third-order valence-electron chi connectivity index (χ3n) is 5.36. The number of hydrogen-bond acceptors (Lipinski definition) is 6. The fraction of sp³-hybridized carbons (Fsp3) is 0.350. The standard InChI is InChI=1S/C20H21N3O5/c21-19(24)15-10-18-17(11-16(15)23(25)26)27-13-20(28-18)6-8-22(9-7-20)12-14-4-2-1-3-5-14/h1-5,10-11H,6-9,12-13H2,(H2,21,24). The van der Waals surface area contributed by atoms with E-state index in [9.17, 15) is 14.9 Å². The van der Waals surface area contributed by atoms with E-state index in [1.54, 1.807) is 0 Å². The summed E-state index contributed by atoms with van der Waals surface area (Å²) < 4.78 is 12.0. The van der Waals surface area contributed by atoms with Crippen LogP contribution in [-0.4, -0.2) is 41.0 Å². The number of rotatable bonds is 4. The van der Waals surface area contributed by atoms with Crippen molar-refractivity contribution in [1.82, 2.24) is 4.90 Å². The number of nitro benzene ring substituents is 1. The highest BCUT2D eigenvalue weighted by Crippen LogP contribution is 2.42. The molecule has 1 amide bonds. The predicted molar refractivity (Wildman–Crippen MR) is 101 cm³/mol. The number of nitrogens with two attached hydrogens (primary N) is 1. The molecule has 0 atom stereocenters. The summed E-state index contributed by atoms with van der Waals surface area (Å²) in [6, 6.07) is 12.8. The van der Waals surface area contributed by atoms with E-state index >= 15 is 0 Å². The van der Waals surface area contributed by atoms with Crippen LogP contribution in [0, 0.1) is 10.1 Å². The fourth-order valence-electron chi connectivity index (χ4n) is 3.77. The Morgan fingerprint density at radius 2 is 1.89 bits per heavy atom. The van der Waals surface area contributed by atoms with Crippen LogP contribution in [0.3, 0.4) is 0 Å². The van der Waals surface area contributed by atoms with Crippen molar-refractivity contribution in [1.29, 1.82) is 0 Å². The molecule has 146 valence electrons. The summed E-state index contributed by atoms with van der Waals surface area (Å²) in [6.07, 6.45) is 1.53. The highest BCUT2D eigenvalue weighted by Gasteiger charge is 2.42. The fourth-order valence-corrected chi connectivity index (χ4v) is 3.77. The number of piperidine rings is 1. The van der Waals surface area contributed by atoms with Crippen LogP contribution in [0.5, 0.6) is 11.5 Å². The summed E-state index contributed by atoms with van der Waals surface area (Å²) >= 11 is 0. The molecular formula is C20H21N3O5. The number of hydrogen-bond donors (Lipinski definition) is 1. The van der Waals surface area contributed by atoms with Crippen molar-refractivity contribution in [2.45, 2.75) is 25.0 Å². The zero-order chi connectivity index (χ0) is 19.7. The number of likely N-dealkylation sites (tertiary alicyclic amines) is 1. The van der Waals surface area contributed by atoms with E-state index < -0.39 is 16.4 Å². The summed E-state index contributed by atoms with van der Waals surface area (Å²) in [7, 11) is 0. The lowest BCUT2D eigenvalue weighted by molar-refractivity contribution is -0.385. The first-order valence-corrected chi connectivity index (χ1v) is 9.16. The van der Waals surface area contributed by atoms with Crippen LogP contribution in [-0.2, 0) is 6.54 Å². The zero-order valence-corrected chi connectivity index (χ0v) is 15.3. The first-order valence-electron chi connectivity index (χ1n) is 9.16. The van der Waals surface area contributed by atoms with Gasteiger partial charge in [0.2, 0.25) is 0 Å². The molecule has 8 nitrogen and oxygen atoms in total. The van der Waals surface area contributed by atoms with Crippen LogP contribution >= 0.6 is 0 Å². The topological polar surface area (TPSA) is 108 Å². The van der Waals surface area contributed by atoms with E-state index in [-0.39, 0.29) is 17.0 Å². The Kier molecular flexibility index (Phi) is 4.64. The quantitative estimate of drug-likeness (QED) is 0.642. The van der Waals surface area contributed by atoms with Crippen molar-refractivity contribution in [2.75, 3.05) is 19.7 Å². The van der Waals surface area contributed by atoms with E-state index in [4.69, 9.17) is 15.2 Å². The van der Waals surface area contributed by atoms with Gasteiger partial charge in [-0.25, -0.2) is 0 Å². The molecule has 0 unspecified atom stereocenters. The number of benzene rings is 2. The molecule has 28 heavy (non-hydrogen) atoms. The lowest BCUT2D eigenvalue weighted by atomic mass is 9.90. The Balaban J connectivity index is 1.49. The lowest BCUT2D eigenvalue weighted by Crippen LogP contribution is -2.52. The van der Waals surface area contributed by atoms with Gasteiger partial charge in [-0.3, -0.25) is 19.8 Å². The van der Waals surface area contributed by atoms with Gasteiger partial charge < -0.3 is 15.2 Å². The van der Waals surface area contributed by atoms with Gasteiger partial charge >= 0.3 is 0 Å². The molecule has 2 aliphatic heterocycles. The minimum absolute atomic E-state index is 0.175. The average molecular weight is 383 g/mol. The zero-order valence-electron chi connectivity index (χ0n) is 15.3. The molecule has 1 fully saturated rings. The van der Waals surface area contributed by atoms with Gasteiger partial charge in [-0.15, -0.1) is 0 Å². The van der Waals surface area contributed by atoms with Gasteiger partial charge in [-0.05, 0) is 5.56 Å². The van der Waals surface area contributed by atoms with Crippen molar-refractivity contribution in [3.05, 3.63) is 63.7 Å². The Labute approximate surface area is 162 Å². The summed E-state index contributed by atoms with van der Waals surface area (Å²) in [5, 5.41) is 11.2. The molecule has 1 saturated heterocycles. The third kappa shape index (κ3) is 3.50. The second kappa shape index (κ2) is 7.12. The lowest BCUT2D eigenvalue weighted by Gasteiger charge is -2.44. The molecule has 0 saturated carbocycles. The number of primary amides is 1. The molecule has 2 aliphatic rings. The molecule has 0 aromatic heterocycles. The summed E-state index contributed by atoms with van der Waals surface area (Å²) in [6.45, 7) is 2.91. The first-order chi connectivity index (χ1) is 13.5. The number of amides is 1. The molecule has 2 aromatic rings. The van der Waals surface area contributed by atoms with Crippen molar-refractivity contribution in [2.24, 2.45) is 5.73 Å². The normalized spacial score (nSPS) is 18.0. The molecule has 0 radical (unpaired) electrons. The van der Waals surface area contributed by atoms with Crippen LogP contribution in [0.1, 0.15) is 28.8 Å². The molecule has 0 aliphatic carbocycles. The molecule has 4 rings (SSSR count). The van der Waals surface area contributed by atoms with Gasteiger partial charge in [-0.1, -0.05) is 30.3 Å². The van der Waals surface area contributed by atoms with E-state index in [2.05, 4.69) is 17.0 Å². The number of ether oxygens (including phenoxy) is 2. The molecule has 1 spiro atoms. The minimum Gasteiger partial charge on any atom is -0.485 e. The van der Waals surface area contributed by atoms with Gasteiger partial charge in [-0.2, -0.15) is 0 Å². The smallest absolute Gasteiger partial charge is 0.286 e. The van der Waals surface area contributed by atoms with Gasteiger partial charge in [0.25, 0.3) is 11.6 Å². The maximum atomic E-state index is 11.6. The van der Waals surface area contributed by atoms with Crippen LogP contribution in [0.4, 0.5) is 5.69 Å². The monoisotopic (exact) mass is 383 g/mol. The number of nitrogens with zero attached hydrogens (tertiary/aromatic N) is 2. The van der Waals surface area contributed by atoms with Crippen molar-refractivity contribution < 1.29 is 19.2 Å². The van der Waals surface area contributed by atoms with E-state index in [1.807, 2.05) is 18.2 Å². The summed E-state index contributed by atoms with van der Waals surface area (Å²) in [5.74, 6) is -0.258. The van der Waals surface area contributed by atoms with Gasteiger partial charge in [0.15, 0.2) is 11.5 Å². The maximum Gasteiger partial charge on any atom is 0.286 e.